The molecule has 1 fully saturated rings. The quantitative estimate of drug-likeness (QED) is 0.118. The van der Waals surface area contributed by atoms with Gasteiger partial charge in [0.15, 0.2) is 5.60 Å². The third-order valence-corrected chi connectivity index (χ3v) is 18.7. The first-order chi connectivity index (χ1) is 33.4. The molecule has 0 saturated carbocycles. The maximum absolute atomic E-state index is 15.9. The van der Waals surface area contributed by atoms with Crippen LogP contribution in [-0.4, -0.2) is 75.8 Å². The molecule has 4 atom stereocenters. The number of rotatable bonds is 13. The van der Waals surface area contributed by atoms with Crippen LogP contribution in [0.3, 0.4) is 0 Å². The number of ether oxygens (including phenoxy) is 2. The molecule has 0 aliphatic carbocycles. The summed E-state index contributed by atoms with van der Waals surface area (Å²) in [5, 5.41) is 22.9. The smallest absolute Gasteiger partial charge is 0.279 e. The Morgan fingerprint density at radius 3 is 1.97 bits per heavy atom. The van der Waals surface area contributed by atoms with Crippen LogP contribution in [0.25, 0.3) is 32.9 Å². The van der Waals surface area contributed by atoms with Crippen LogP contribution < -0.4 is 25.9 Å². The molecule has 0 bridgehead atoms. The topological polar surface area (TPSA) is 149 Å². The van der Waals surface area contributed by atoms with Gasteiger partial charge in [0.05, 0.1) is 81.1 Å². The highest BCUT2D eigenvalue weighted by Crippen LogP contribution is 2.60. The Kier molecular flexibility index (Phi) is 11.9. The molecular weight excluding hydrogens is 885 g/mol. The molecule has 0 radical (unpaired) electrons. The first-order valence-corrected chi connectivity index (χ1v) is 26.3. The summed E-state index contributed by atoms with van der Waals surface area (Å²) >= 11 is 0. The summed E-state index contributed by atoms with van der Waals surface area (Å²) in [7, 11) is -1.06. The van der Waals surface area contributed by atoms with Crippen molar-refractivity contribution in [2.75, 3.05) is 25.2 Å². The Balaban J connectivity index is 1.08. The van der Waals surface area contributed by atoms with E-state index in [1.165, 1.54) is 9.36 Å². The first kappa shape index (κ1) is 45.3. The van der Waals surface area contributed by atoms with Crippen LogP contribution in [0.4, 0.5) is 5.69 Å². The number of carbonyl (C=O) groups is 2. The van der Waals surface area contributed by atoms with E-state index in [9.17, 15) is 19.5 Å². The number of hydrogen-bond acceptors (Lipinski definition) is 9. The van der Waals surface area contributed by atoms with Crippen LogP contribution in [0.5, 0.6) is 5.75 Å². The summed E-state index contributed by atoms with van der Waals surface area (Å²) < 4.78 is 15.7. The molecule has 14 heteroatoms. The van der Waals surface area contributed by atoms with Crippen molar-refractivity contribution >= 4 is 52.3 Å². The van der Waals surface area contributed by atoms with Gasteiger partial charge in [-0.2, -0.15) is 19.6 Å². The van der Waals surface area contributed by atoms with Crippen LogP contribution in [0.1, 0.15) is 30.0 Å². The minimum Gasteiger partial charge on any atom is -0.497 e. The maximum atomic E-state index is 15.9. The van der Waals surface area contributed by atoms with E-state index >= 15 is 4.79 Å². The van der Waals surface area contributed by atoms with E-state index in [4.69, 9.17) is 9.47 Å². The number of anilines is 1. The van der Waals surface area contributed by atoms with Gasteiger partial charge in [0.25, 0.3) is 17.0 Å². The highest BCUT2D eigenvalue weighted by Gasteiger charge is 2.66. The lowest BCUT2D eigenvalue weighted by atomic mass is 9.82. The van der Waals surface area contributed by atoms with Gasteiger partial charge in [0.2, 0.25) is 5.91 Å². The molecular formula is C55H52N6O7Si. The highest BCUT2D eigenvalue weighted by molar-refractivity contribution is 6.91. The average Bonchev–Trinajstić information content (AvgIpc) is 3.80. The zero-order valence-electron chi connectivity index (χ0n) is 38.9. The predicted molar refractivity (Wildman–Crippen MR) is 269 cm³/mol. The lowest BCUT2D eigenvalue weighted by Gasteiger charge is -2.37. The molecule has 6 aromatic carbocycles. The predicted octanol–water partition coefficient (Wildman–Crippen LogP) is 7.27. The molecule has 2 aromatic heterocycles. The molecule has 348 valence electrons. The molecule has 2 amide bonds. The van der Waals surface area contributed by atoms with Crippen LogP contribution in [-0.2, 0) is 33.0 Å². The van der Waals surface area contributed by atoms with E-state index in [-0.39, 0.29) is 54.6 Å². The second-order valence-electron chi connectivity index (χ2n) is 18.5. The number of carbonyl (C=O) groups excluding carboxylic acids is 2. The lowest BCUT2D eigenvalue weighted by Crippen LogP contribution is -2.52. The van der Waals surface area contributed by atoms with Crippen molar-refractivity contribution in [3.63, 3.8) is 0 Å². The van der Waals surface area contributed by atoms with E-state index in [1.807, 2.05) is 115 Å². The molecule has 10 rings (SSSR count). The SMILES string of the molecule is COc1ccc([Si](C)(C)[C@H]2[C@H](CC(=O)N(CCO)Cc3ccccc3)O[C@@]3(C(=O)N(Cc4ccc(-n5ncc6ccccc6c5=O)cc4)c4ccc(-n5ncc6ccccc6c5=O)cc43)[C@@H]2C)cc1. The number of aromatic nitrogens is 4. The Labute approximate surface area is 399 Å². The summed E-state index contributed by atoms with van der Waals surface area (Å²) in [6.07, 6.45) is 2.57. The van der Waals surface area contributed by atoms with Gasteiger partial charge < -0.3 is 24.4 Å². The van der Waals surface area contributed by atoms with Gasteiger partial charge in [-0.15, -0.1) is 0 Å². The zero-order valence-corrected chi connectivity index (χ0v) is 39.9. The van der Waals surface area contributed by atoms with Crippen molar-refractivity contribution in [1.82, 2.24) is 24.5 Å². The van der Waals surface area contributed by atoms with Gasteiger partial charge in [0, 0.05) is 35.3 Å². The standard InChI is InChI=1S/C55H52N6O7Si/c1-36-51(69(3,4)44-25-23-43(67-2)24-26-44)49(31-50(63)58(28-29-62)34-37-12-6-5-7-13-37)68-55(36)47-30-42(61-53(65)46-17-11-9-15-40(46)33-57-61)22-27-48(47)59(54(55)66)35-38-18-20-41(21-19-38)60-52(64)45-16-10-8-14-39(45)32-56-60/h5-27,30,32-33,36,49,51,62H,28-29,31,34-35H2,1-4H3/t36-,49+,51-,55+/m1/s1. The number of benzene rings is 6. The number of aliphatic hydroxyl groups excluding tert-OH is 1. The van der Waals surface area contributed by atoms with Crippen LogP contribution in [0.2, 0.25) is 18.6 Å². The van der Waals surface area contributed by atoms with E-state index < -0.39 is 25.7 Å². The number of hydrogen-bond donors (Lipinski definition) is 1. The summed E-state index contributed by atoms with van der Waals surface area (Å²) in [5.74, 6) is -0.235. The summed E-state index contributed by atoms with van der Waals surface area (Å²) in [4.78, 5) is 61.6. The van der Waals surface area contributed by atoms with Crippen LogP contribution in [0.15, 0.2) is 168 Å². The number of amides is 2. The van der Waals surface area contributed by atoms with Crippen molar-refractivity contribution < 1.29 is 24.2 Å². The molecule has 8 aromatic rings. The Morgan fingerprint density at radius 2 is 1.35 bits per heavy atom. The van der Waals surface area contributed by atoms with E-state index in [1.54, 1.807) is 47.5 Å². The van der Waals surface area contributed by atoms with E-state index in [0.29, 0.717) is 45.3 Å². The van der Waals surface area contributed by atoms with Crippen molar-refractivity contribution in [2.24, 2.45) is 5.92 Å². The van der Waals surface area contributed by atoms with Gasteiger partial charge in [-0.05, 0) is 71.3 Å². The molecule has 1 N–H and O–H groups in total. The minimum atomic E-state index is -2.69. The van der Waals surface area contributed by atoms with Crippen molar-refractivity contribution in [3.05, 3.63) is 195 Å². The lowest BCUT2D eigenvalue weighted by molar-refractivity contribution is -0.150. The zero-order chi connectivity index (χ0) is 48.0. The molecule has 2 aliphatic heterocycles. The Hall–Kier alpha value is -7.52. The summed E-state index contributed by atoms with van der Waals surface area (Å²) in [6, 6.07) is 45.2. The summed E-state index contributed by atoms with van der Waals surface area (Å²) in [5.41, 5.74) is 1.55. The normalized spacial score (nSPS) is 18.8. The molecule has 1 spiro atoms. The second-order valence-corrected chi connectivity index (χ2v) is 23.2. The van der Waals surface area contributed by atoms with Gasteiger partial charge in [-0.1, -0.05) is 116 Å². The van der Waals surface area contributed by atoms with Crippen molar-refractivity contribution in [1.29, 1.82) is 0 Å². The van der Waals surface area contributed by atoms with Gasteiger partial charge in [-0.3, -0.25) is 19.2 Å². The van der Waals surface area contributed by atoms with Crippen LogP contribution in [0, 0.1) is 5.92 Å². The third kappa shape index (κ3) is 7.93. The maximum Gasteiger partial charge on any atom is 0.279 e. The Bertz CT molecular complexity index is 3360. The Morgan fingerprint density at radius 1 is 0.754 bits per heavy atom. The molecule has 69 heavy (non-hydrogen) atoms. The average molecular weight is 937 g/mol. The van der Waals surface area contributed by atoms with Crippen molar-refractivity contribution in [2.45, 2.75) is 56.8 Å². The fourth-order valence-electron chi connectivity index (χ4n) is 10.8. The number of methoxy groups -OCH3 is 1. The summed E-state index contributed by atoms with van der Waals surface area (Å²) in [6.45, 7) is 6.94. The van der Waals surface area contributed by atoms with Crippen LogP contribution >= 0.6 is 0 Å². The molecule has 13 nitrogen and oxygen atoms in total. The van der Waals surface area contributed by atoms with Crippen molar-refractivity contribution in [3.8, 4) is 17.1 Å². The fourth-order valence-corrected chi connectivity index (χ4v) is 14.8. The van der Waals surface area contributed by atoms with E-state index in [0.717, 1.165) is 27.4 Å². The van der Waals surface area contributed by atoms with Gasteiger partial charge in [0.1, 0.15) is 5.75 Å². The molecule has 4 heterocycles. The molecule has 0 unspecified atom stereocenters. The largest absolute Gasteiger partial charge is 0.497 e. The molecule has 2 aliphatic rings. The number of aliphatic hydroxyl groups is 1. The second kappa shape index (κ2) is 18.2. The molecule has 1 saturated heterocycles. The number of fused-ring (bicyclic) bond motifs is 4. The van der Waals surface area contributed by atoms with Gasteiger partial charge in [-0.25, -0.2) is 0 Å². The minimum absolute atomic E-state index is 0.0339. The monoisotopic (exact) mass is 936 g/mol. The first-order valence-electron chi connectivity index (χ1n) is 23.2. The third-order valence-electron chi connectivity index (χ3n) is 14.3. The number of nitrogens with zero attached hydrogens (tertiary/aromatic N) is 6. The highest BCUT2D eigenvalue weighted by atomic mass is 28.3. The fraction of sp³-hybridized carbons (Fsp3) is 0.236. The van der Waals surface area contributed by atoms with E-state index in [2.05, 4.69) is 42.3 Å². The van der Waals surface area contributed by atoms with Gasteiger partial charge >= 0.3 is 0 Å².